The number of nitrogens with one attached hydrogen (secondary N) is 1. The lowest BCUT2D eigenvalue weighted by Gasteiger charge is -2.33. The highest BCUT2D eigenvalue weighted by Crippen LogP contribution is 2.34. The summed E-state index contributed by atoms with van der Waals surface area (Å²) in [5.74, 6) is -0.0266. The number of rotatable bonds is 12. The van der Waals surface area contributed by atoms with Gasteiger partial charge >= 0.3 is 0 Å². The number of carbonyl (C=O) groups excluding carboxylic acids is 2. The van der Waals surface area contributed by atoms with Gasteiger partial charge in [0.25, 0.3) is 10.0 Å². The number of carbonyl (C=O) groups is 2. The van der Waals surface area contributed by atoms with E-state index in [1.165, 1.54) is 37.3 Å². The van der Waals surface area contributed by atoms with E-state index in [0.29, 0.717) is 11.5 Å². The molecule has 0 radical (unpaired) electrons. The standard InChI is InChI=1S/C34H43N3O6S/c1-24-11-15-27(16-12-24)22-36(26(3)34(39)35-28-9-7-6-8-10-28)33(38)23-37(29-17-20-31(42-4)32(21-29)43-5)44(40,41)30-18-13-25(2)14-19-30/h11-21,26,28H,6-10,22-23H2,1-5H3,(H,35,39). The lowest BCUT2D eigenvalue weighted by atomic mass is 9.95. The molecule has 2 amide bonds. The second kappa shape index (κ2) is 14.6. The minimum atomic E-state index is -4.20. The van der Waals surface area contributed by atoms with Gasteiger partial charge in [-0.3, -0.25) is 13.9 Å². The minimum absolute atomic E-state index is 0.0406. The molecule has 1 aliphatic carbocycles. The zero-order valence-electron chi connectivity index (χ0n) is 26.2. The first-order valence-corrected chi connectivity index (χ1v) is 16.4. The van der Waals surface area contributed by atoms with Gasteiger partial charge in [-0.1, -0.05) is 66.8 Å². The van der Waals surface area contributed by atoms with Gasteiger partial charge in [-0.15, -0.1) is 0 Å². The molecular formula is C34H43N3O6S. The van der Waals surface area contributed by atoms with Crippen molar-refractivity contribution < 1.29 is 27.5 Å². The van der Waals surface area contributed by atoms with E-state index in [4.69, 9.17) is 9.47 Å². The summed E-state index contributed by atoms with van der Waals surface area (Å²) in [6, 6.07) is 18.1. The highest BCUT2D eigenvalue weighted by atomic mass is 32.2. The van der Waals surface area contributed by atoms with E-state index in [0.717, 1.165) is 53.1 Å². The first kappa shape index (κ1) is 32.9. The van der Waals surface area contributed by atoms with E-state index in [2.05, 4.69) is 5.32 Å². The van der Waals surface area contributed by atoms with Crippen LogP contribution in [-0.4, -0.2) is 58.0 Å². The van der Waals surface area contributed by atoms with Crippen LogP contribution >= 0.6 is 0 Å². The largest absolute Gasteiger partial charge is 0.493 e. The van der Waals surface area contributed by atoms with E-state index >= 15 is 0 Å². The van der Waals surface area contributed by atoms with Crippen molar-refractivity contribution in [1.82, 2.24) is 10.2 Å². The van der Waals surface area contributed by atoms with E-state index in [1.54, 1.807) is 31.2 Å². The van der Waals surface area contributed by atoms with Gasteiger partial charge in [0.1, 0.15) is 12.6 Å². The lowest BCUT2D eigenvalue weighted by molar-refractivity contribution is -0.139. The maximum Gasteiger partial charge on any atom is 0.264 e. The summed E-state index contributed by atoms with van der Waals surface area (Å²) >= 11 is 0. The Morgan fingerprint density at radius 2 is 1.45 bits per heavy atom. The Morgan fingerprint density at radius 1 is 0.864 bits per heavy atom. The van der Waals surface area contributed by atoms with Crippen LogP contribution < -0.4 is 19.1 Å². The molecule has 0 bridgehead atoms. The zero-order valence-corrected chi connectivity index (χ0v) is 27.0. The molecule has 1 saturated carbocycles. The van der Waals surface area contributed by atoms with Gasteiger partial charge in [0.05, 0.1) is 24.8 Å². The number of anilines is 1. The monoisotopic (exact) mass is 621 g/mol. The van der Waals surface area contributed by atoms with Gasteiger partial charge in [-0.05, 0) is 63.4 Å². The summed E-state index contributed by atoms with van der Waals surface area (Å²) in [4.78, 5) is 29.2. The quantitative estimate of drug-likeness (QED) is 0.291. The fourth-order valence-corrected chi connectivity index (χ4v) is 6.79. The predicted molar refractivity (Wildman–Crippen MR) is 171 cm³/mol. The number of hydrogen-bond donors (Lipinski definition) is 1. The van der Waals surface area contributed by atoms with Crippen molar-refractivity contribution in [3.8, 4) is 11.5 Å². The number of sulfonamides is 1. The molecule has 1 unspecified atom stereocenters. The van der Waals surface area contributed by atoms with Gasteiger partial charge in [0.15, 0.2) is 11.5 Å². The molecule has 1 aliphatic rings. The van der Waals surface area contributed by atoms with Crippen LogP contribution in [0.4, 0.5) is 5.69 Å². The summed E-state index contributed by atoms with van der Waals surface area (Å²) in [6.07, 6.45) is 5.09. The van der Waals surface area contributed by atoms with Crippen LogP contribution in [0.3, 0.4) is 0 Å². The third kappa shape index (κ3) is 7.91. The van der Waals surface area contributed by atoms with Crippen LogP contribution in [0.2, 0.25) is 0 Å². The molecule has 9 nitrogen and oxygen atoms in total. The number of amides is 2. The van der Waals surface area contributed by atoms with Crippen molar-refractivity contribution in [3.63, 3.8) is 0 Å². The van der Waals surface area contributed by atoms with Crippen molar-refractivity contribution in [3.05, 3.63) is 83.4 Å². The van der Waals surface area contributed by atoms with Gasteiger partial charge in [-0.2, -0.15) is 0 Å². The zero-order chi connectivity index (χ0) is 31.9. The van der Waals surface area contributed by atoms with E-state index < -0.39 is 28.5 Å². The fraction of sp³-hybridized carbons (Fsp3) is 0.412. The number of benzene rings is 3. The Kier molecular flexibility index (Phi) is 10.9. The topological polar surface area (TPSA) is 105 Å². The fourth-order valence-electron chi connectivity index (χ4n) is 5.39. The van der Waals surface area contributed by atoms with Crippen LogP contribution in [0.5, 0.6) is 11.5 Å². The molecule has 0 heterocycles. The molecule has 44 heavy (non-hydrogen) atoms. The van der Waals surface area contributed by atoms with E-state index in [9.17, 15) is 18.0 Å². The van der Waals surface area contributed by atoms with Crippen LogP contribution in [0.1, 0.15) is 55.7 Å². The minimum Gasteiger partial charge on any atom is -0.493 e. The molecule has 0 aliphatic heterocycles. The third-order valence-corrected chi connectivity index (χ3v) is 9.92. The number of hydrogen-bond acceptors (Lipinski definition) is 6. The summed E-state index contributed by atoms with van der Waals surface area (Å²) in [5, 5.41) is 3.13. The van der Waals surface area contributed by atoms with E-state index in [1.807, 2.05) is 38.1 Å². The summed E-state index contributed by atoms with van der Waals surface area (Å²) in [5.41, 5.74) is 3.03. The summed E-state index contributed by atoms with van der Waals surface area (Å²) in [6.45, 7) is 5.15. The number of nitrogens with zero attached hydrogens (tertiary/aromatic N) is 2. The van der Waals surface area contributed by atoms with E-state index in [-0.39, 0.29) is 29.1 Å². The normalized spacial score (nSPS) is 14.4. The molecule has 0 saturated heterocycles. The molecule has 3 aromatic carbocycles. The molecule has 1 atom stereocenters. The number of ether oxygens (including phenoxy) is 2. The van der Waals surface area contributed by atoms with Crippen molar-refractivity contribution in [2.24, 2.45) is 0 Å². The average molecular weight is 622 g/mol. The average Bonchev–Trinajstić information content (AvgIpc) is 3.03. The molecule has 10 heteroatoms. The van der Waals surface area contributed by atoms with Crippen LogP contribution in [0, 0.1) is 13.8 Å². The summed E-state index contributed by atoms with van der Waals surface area (Å²) < 4.78 is 40.1. The molecule has 1 fully saturated rings. The van der Waals surface area contributed by atoms with Crippen molar-refractivity contribution in [2.75, 3.05) is 25.1 Å². The highest BCUT2D eigenvalue weighted by Gasteiger charge is 2.33. The second-order valence-electron chi connectivity index (χ2n) is 11.4. The van der Waals surface area contributed by atoms with Crippen molar-refractivity contribution in [1.29, 1.82) is 0 Å². The first-order chi connectivity index (χ1) is 21.0. The number of methoxy groups -OCH3 is 2. The molecule has 236 valence electrons. The Bertz CT molecular complexity index is 1530. The van der Waals surface area contributed by atoms with Crippen molar-refractivity contribution >= 4 is 27.5 Å². The smallest absolute Gasteiger partial charge is 0.264 e. The lowest BCUT2D eigenvalue weighted by Crippen LogP contribution is -2.53. The molecule has 4 rings (SSSR count). The van der Waals surface area contributed by atoms with Crippen LogP contribution in [0.25, 0.3) is 0 Å². The van der Waals surface area contributed by atoms with Crippen LogP contribution in [0.15, 0.2) is 71.6 Å². The van der Waals surface area contributed by atoms with Crippen LogP contribution in [-0.2, 0) is 26.2 Å². The Balaban J connectivity index is 1.72. The molecule has 1 N–H and O–H groups in total. The molecule has 0 aromatic heterocycles. The van der Waals surface area contributed by atoms with Gasteiger partial charge in [-0.25, -0.2) is 8.42 Å². The Hall–Kier alpha value is -4.05. The first-order valence-electron chi connectivity index (χ1n) is 15.0. The van der Waals surface area contributed by atoms with Crippen molar-refractivity contribution in [2.45, 2.75) is 76.4 Å². The maximum atomic E-state index is 14.2. The highest BCUT2D eigenvalue weighted by molar-refractivity contribution is 7.92. The predicted octanol–water partition coefficient (Wildman–Crippen LogP) is 5.38. The van der Waals surface area contributed by atoms with Gasteiger partial charge in [0.2, 0.25) is 11.8 Å². The summed E-state index contributed by atoms with van der Waals surface area (Å²) in [7, 11) is -1.25. The van der Waals surface area contributed by atoms with Gasteiger partial charge in [0, 0.05) is 18.7 Å². The molecule has 0 spiro atoms. The molecular weight excluding hydrogens is 578 g/mol. The Morgan fingerprint density at radius 3 is 2.05 bits per heavy atom. The SMILES string of the molecule is COc1ccc(N(CC(=O)N(Cc2ccc(C)cc2)C(C)C(=O)NC2CCCCC2)S(=O)(=O)c2ccc(C)cc2)cc1OC. The molecule has 3 aromatic rings. The second-order valence-corrected chi connectivity index (χ2v) is 13.3. The maximum absolute atomic E-state index is 14.2. The number of aryl methyl sites for hydroxylation is 2. The van der Waals surface area contributed by atoms with Gasteiger partial charge < -0.3 is 19.7 Å². The third-order valence-electron chi connectivity index (χ3n) is 8.14. The Labute approximate surface area is 261 Å².